The number of nitrogens with one attached hydrogen (secondary N) is 1. The number of urea groups is 1. The summed E-state index contributed by atoms with van der Waals surface area (Å²) >= 11 is 0. The van der Waals surface area contributed by atoms with Crippen molar-refractivity contribution in [1.29, 1.82) is 0 Å². The van der Waals surface area contributed by atoms with Gasteiger partial charge in [0, 0.05) is 19.2 Å². The molecule has 0 aliphatic carbocycles. The molecule has 8 nitrogen and oxygen atoms in total. The van der Waals surface area contributed by atoms with Gasteiger partial charge in [0.15, 0.2) is 0 Å². The Balaban J connectivity index is 1.73. The average molecular weight is 325 g/mol. The molecule has 2 heterocycles. The third kappa shape index (κ3) is 2.32. The van der Waals surface area contributed by atoms with Gasteiger partial charge < -0.3 is 10.1 Å². The van der Waals surface area contributed by atoms with E-state index in [9.17, 15) is 18.0 Å². The summed E-state index contributed by atoms with van der Waals surface area (Å²) < 4.78 is 31.2. The van der Waals surface area contributed by atoms with Gasteiger partial charge in [-0.2, -0.15) is 4.31 Å². The van der Waals surface area contributed by atoms with Crippen molar-refractivity contribution in [3.05, 3.63) is 24.3 Å². The molecule has 1 aromatic rings. The summed E-state index contributed by atoms with van der Waals surface area (Å²) in [5.74, 6) is 0.126. The quantitative estimate of drug-likeness (QED) is 0.761. The lowest BCUT2D eigenvalue weighted by molar-refractivity contribution is -0.128. The van der Waals surface area contributed by atoms with Crippen LogP contribution in [0.15, 0.2) is 29.2 Å². The molecular formula is C13H15N3O5S. The van der Waals surface area contributed by atoms with Crippen LogP contribution < -0.4 is 10.1 Å². The van der Waals surface area contributed by atoms with Gasteiger partial charge in [-0.1, -0.05) is 6.07 Å². The van der Waals surface area contributed by atoms with Crippen LogP contribution in [-0.2, 0) is 14.8 Å². The van der Waals surface area contributed by atoms with Crippen molar-refractivity contribution in [1.82, 2.24) is 14.5 Å². The van der Waals surface area contributed by atoms with Crippen molar-refractivity contribution in [2.45, 2.75) is 10.9 Å². The minimum Gasteiger partial charge on any atom is -0.497 e. The molecule has 3 amide bonds. The molecule has 2 aliphatic rings. The first-order valence-electron chi connectivity index (χ1n) is 6.67. The Hall–Kier alpha value is -2.13. The molecule has 0 spiro atoms. The highest BCUT2D eigenvalue weighted by Gasteiger charge is 2.45. The zero-order chi connectivity index (χ0) is 15.9. The Bertz CT molecular complexity index is 711. The largest absolute Gasteiger partial charge is 0.497 e. The van der Waals surface area contributed by atoms with E-state index in [2.05, 4.69) is 5.32 Å². The van der Waals surface area contributed by atoms with E-state index in [1.54, 1.807) is 12.1 Å². The van der Waals surface area contributed by atoms with Crippen LogP contribution in [0.4, 0.5) is 4.79 Å². The first-order chi connectivity index (χ1) is 10.4. The molecule has 22 heavy (non-hydrogen) atoms. The van der Waals surface area contributed by atoms with Gasteiger partial charge in [-0.3, -0.25) is 9.69 Å². The number of carbonyl (C=O) groups excluding carboxylic acids is 2. The number of methoxy groups -OCH3 is 1. The smallest absolute Gasteiger partial charge is 0.324 e. The second-order valence-corrected chi connectivity index (χ2v) is 7.02. The number of imide groups is 1. The molecule has 1 N–H and O–H groups in total. The Morgan fingerprint density at radius 3 is 2.59 bits per heavy atom. The number of nitrogens with zero attached hydrogens (tertiary/aromatic N) is 2. The van der Waals surface area contributed by atoms with E-state index in [1.165, 1.54) is 23.5 Å². The topological polar surface area (TPSA) is 96.0 Å². The van der Waals surface area contributed by atoms with Crippen LogP contribution >= 0.6 is 0 Å². The summed E-state index contributed by atoms with van der Waals surface area (Å²) in [7, 11) is -2.19. The summed E-state index contributed by atoms with van der Waals surface area (Å²) in [6.07, 6.45) is 0. The third-order valence-electron chi connectivity index (χ3n) is 3.75. The number of ether oxygens (including phenoxy) is 1. The van der Waals surface area contributed by atoms with Crippen LogP contribution in [0.3, 0.4) is 0 Å². The van der Waals surface area contributed by atoms with Crippen molar-refractivity contribution in [2.75, 3.05) is 26.7 Å². The van der Waals surface area contributed by atoms with Gasteiger partial charge in [-0.25, -0.2) is 13.2 Å². The van der Waals surface area contributed by atoms with Crippen molar-refractivity contribution in [3.63, 3.8) is 0 Å². The fourth-order valence-corrected chi connectivity index (χ4v) is 4.04. The van der Waals surface area contributed by atoms with Gasteiger partial charge in [-0.15, -0.1) is 0 Å². The van der Waals surface area contributed by atoms with Crippen LogP contribution in [0, 0.1) is 0 Å². The summed E-state index contributed by atoms with van der Waals surface area (Å²) in [5, 5.41) is 2.42. The highest BCUT2D eigenvalue weighted by atomic mass is 32.2. The first kappa shape index (κ1) is 14.8. The van der Waals surface area contributed by atoms with Gasteiger partial charge in [-0.05, 0) is 12.1 Å². The van der Waals surface area contributed by atoms with Crippen LogP contribution in [0.5, 0.6) is 5.75 Å². The molecular weight excluding hydrogens is 310 g/mol. The van der Waals surface area contributed by atoms with E-state index in [0.717, 1.165) is 4.90 Å². The second-order valence-electron chi connectivity index (χ2n) is 5.08. The monoisotopic (exact) mass is 325 g/mol. The second kappa shape index (κ2) is 5.25. The molecule has 1 aromatic carbocycles. The number of amides is 3. The Labute approximate surface area is 127 Å². The SMILES string of the molecule is COc1cccc(S(=O)(=O)N2CC(N3C(=O)CNC3=O)C2)c1. The maximum absolute atomic E-state index is 12.5. The predicted molar refractivity (Wildman–Crippen MR) is 75.8 cm³/mol. The van der Waals surface area contributed by atoms with Crippen LogP contribution in [-0.4, -0.2) is 62.3 Å². The standard InChI is InChI=1S/C13H15N3O5S/c1-21-10-3-2-4-11(5-10)22(19,20)15-7-9(8-15)16-12(17)6-14-13(16)18/h2-5,9H,6-8H2,1H3,(H,14,18). The Morgan fingerprint density at radius 2 is 2.00 bits per heavy atom. The Kier molecular flexibility index (Phi) is 3.53. The van der Waals surface area contributed by atoms with E-state index >= 15 is 0 Å². The van der Waals surface area contributed by atoms with E-state index in [4.69, 9.17) is 4.74 Å². The summed E-state index contributed by atoms with van der Waals surface area (Å²) in [6.45, 7) is 0.190. The molecule has 2 fully saturated rings. The van der Waals surface area contributed by atoms with Crippen molar-refractivity contribution in [3.8, 4) is 5.75 Å². The third-order valence-corrected chi connectivity index (χ3v) is 5.58. The molecule has 9 heteroatoms. The number of hydrogen-bond acceptors (Lipinski definition) is 5. The molecule has 2 saturated heterocycles. The molecule has 0 atom stereocenters. The number of hydrogen-bond donors (Lipinski definition) is 1. The lowest BCUT2D eigenvalue weighted by Gasteiger charge is -2.41. The Morgan fingerprint density at radius 1 is 1.27 bits per heavy atom. The molecule has 0 unspecified atom stereocenters. The van der Waals surface area contributed by atoms with E-state index in [-0.39, 0.29) is 30.4 Å². The normalized spacial score (nSPS) is 20.0. The zero-order valence-electron chi connectivity index (χ0n) is 11.9. The van der Waals surface area contributed by atoms with Gasteiger partial charge in [0.2, 0.25) is 15.9 Å². The maximum atomic E-state index is 12.5. The summed E-state index contributed by atoms with van der Waals surface area (Å²) in [6, 6.07) is 5.31. The average Bonchev–Trinajstić information content (AvgIpc) is 2.78. The highest BCUT2D eigenvalue weighted by molar-refractivity contribution is 7.89. The van der Waals surface area contributed by atoms with Gasteiger partial charge in [0.25, 0.3) is 0 Å². The zero-order valence-corrected chi connectivity index (χ0v) is 12.7. The molecule has 0 radical (unpaired) electrons. The van der Waals surface area contributed by atoms with E-state index in [1.807, 2.05) is 0 Å². The molecule has 118 valence electrons. The fourth-order valence-electron chi connectivity index (χ4n) is 2.49. The predicted octanol–water partition coefficient (Wildman–Crippen LogP) is -0.380. The van der Waals surface area contributed by atoms with E-state index in [0.29, 0.717) is 5.75 Å². The molecule has 0 saturated carbocycles. The molecule has 0 aromatic heterocycles. The summed E-state index contributed by atoms with van der Waals surface area (Å²) in [4.78, 5) is 24.3. The van der Waals surface area contributed by atoms with Crippen molar-refractivity contribution in [2.24, 2.45) is 0 Å². The van der Waals surface area contributed by atoms with Crippen LogP contribution in [0.1, 0.15) is 0 Å². The van der Waals surface area contributed by atoms with Crippen LogP contribution in [0.25, 0.3) is 0 Å². The van der Waals surface area contributed by atoms with Crippen molar-refractivity contribution >= 4 is 22.0 Å². The van der Waals surface area contributed by atoms with Crippen LogP contribution in [0.2, 0.25) is 0 Å². The molecule has 0 bridgehead atoms. The highest BCUT2D eigenvalue weighted by Crippen LogP contribution is 2.27. The van der Waals surface area contributed by atoms with Gasteiger partial charge in [0.1, 0.15) is 5.75 Å². The maximum Gasteiger partial charge on any atom is 0.324 e. The number of benzene rings is 1. The van der Waals surface area contributed by atoms with Gasteiger partial charge in [0.05, 0.1) is 24.6 Å². The fraction of sp³-hybridized carbons (Fsp3) is 0.385. The summed E-state index contributed by atoms with van der Waals surface area (Å²) in [5.41, 5.74) is 0. The lowest BCUT2D eigenvalue weighted by Crippen LogP contribution is -2.62. The lowest BCUT2D eigenvalue weighted by atomic mass is 10.1. The minimum absolute atomic E-state index is 0.0298. The van der Waals surface area contributed by atoms with Crippen molar-refractivity contribution < 1.29 is 22.7 Å². The number of sulfonamides is 1. The molecule has 2 aliphatic heterocycles. The van der Waals surface area contributed by atoms with E-state index < -0.39 is 22.1 Å². The number of carbonyl (C=O) groups is 2. The first-order valence-corrected chi connectivity index (χ1v) is 8.11. The number of rotatable bonds is 4. The molecule has 3 rings (SSSR count). The van der Waals surface area contributed by atoms with Gasteiger partial charge >= 0.3 is 6.03 Å². The minimum atomic E-state index is -3.65.